The fourth-order valence-electron chi connectivity index (χ4n) is 6.78. The molecule has 2 unspecified atom stereocenters. The molecule has 0 saturated heterocycles. The largest absolute Gasteiger partial charge is 0.335 e. The quantitative estimate of drug-likeness (QED) is 0.0676. The lowest BCUT2D eigenvalue weighted by molar-refractivity contribution is -0.702. The van der Waals surface area contributed by atoms with Gasteiger partial charge in [0.05, 0.1) is 10.8 Å². The second-order valence-corrected chi connectivity index (χ2v) is 13.2. The Labute approximate surface area is 318 Å². The Morgan fingerprint density at radius 3 is 1.65 bits per heavy atom. The van der Waals surface area contributed by atoms with Gasteiger partial charge < -0.3 is 26.6 Å². The molecule has 0 fully saturated rings. The monoisotopic (exact) mass is 721 g/mol. The van der Waals surface area contributed by atoms with Gasteiger partial charge in [-0.25, -0.2) is 0 Å². The number of fused-ring (bicyclic) bond motifs is 3. The van der Waals surface area contributed by atoms with E-state index in [1.807, 2.05) is 128 Å². The Hall–Kier alpha value is -7.60. The van der Waals surface area contributed by atoms with E-state index in [4.69, 9.17) is 15.0 Å². The highest BCUT2D eigenvalue weighted by atomic mass is 15.6. The van der Waals surface area contributed by atoms with Gasteiger partial charge in [0.2, 0.25) is 23.7 Å². The lowest BCUT2D eigenvalue weighted by Gasteiger charge is -2.20. The van der Waals surface area contributed by atoms with E-state index >= 15 is 0 Å². The first-order chi connectivity index (χ1) is 27.1. The van der Waals surface area contributed by atoms with Crippen LogP contribution >= 0.6 is 0 Å². The van der Waals surface area contributed by atoms with Crippen molar-refractivity contribution in [1.82, 2.24) is 25.0 Å². The van der Waals surface area contributed by atoms with Crippen LogP contribution in [0.4, 0.5) is 58.0 Å². The van der Waals surface area contributed by atoms with Crippen molar-refractivity contribution in [2.24, 2.45) is 5.92 Å². The summed E-state index contributed by atoms with van der Waals surface area (Å²) in [4.78, 5) is 20.5. The molecule has 2 aliphatic rings. The van der Waals surface area contributed by atoms with Gasteiger partial charge in [0.25, 0.3) is 12.1 Å². The third-order valence-electron chi connectivity index (χ3n) is 9.24. The number of nitrogens with zero attached hydrogens (tertiary/aromatic N) is 6. The molecular weight excluding hydrogens is 685 g/mol. The van der Waals surface area contributed by atoms with Crippen LogP contribution in [0.15, 0.2) is 170 Å². The number of aromatic nitrogens is 6. The van der Waals surface area contributed by atoms with Crippen LogP contribution in [0.1, 0.15) is 17.0 Å². The Morgan fingerprint density at radius 2 is 1.05 bits per heavy atom. The minimum Gasteiger partial charge on any atom is -0.335 e. The van der Waals surface area contributed by atoms with Gasteiger partial charge in [-0.2, -0.15) is 19.9 Å². The number of allylic oxidation sites excluding steroid dienone is 3. The fraction of sp³-hybridized carbons (Fsp3) is 0.0698. The molecule has 2 aromatic heterocycles. The summed E-state index contributed by atoms with van der Waals surface area (Å²) in [6, 6.07) is 46.0. The van der Waals surface area contributed by atoms with Crippen molar-refractivity contribution < 1.29 is 4.79 Å². The Morgan fingerprint density at radius 1 is 0.509 bits per heavy atom. The van der Waals surface area contributed by atoms with Crippen LogP contribution in [-0.2, 0) is 6.42 Å². The topological polar surface area (TPSA) is 141 Å². The van der Waals surface area contributed by atoms with Crippen LogP contribution in [-0.4, -0.2) is 25.0 Å². The summed E-state index contributed by atoms with van der Waals surface area (Å²) < 4.78 is 0. The SMILES string of the molecule is C1=CC2c3ccc(Nc4c[n+](Nc5ccccc5)nc(Nc5ccccc5)n4)cc3CC2C=C1Nc1nc(Nc2ccccc2)nc(Nc2ccccc2)n1. The highest BCUT2D eigenvalue weighted by molar-refractivity contribution is 5.63. The second kappa shape index (κ2) is 15.2. The van der Waals surface area contributed by atoms with Gasteiger partial charge in [-0.05, 0) is 90.2 Å². The number of nitrogens with one attached hydrogen (secondary N) is 6. The Kier molecular flexibility index (Phi) is 9.17. The molecule has 2 heterocycles. The maximum Gasteiger partial charge on any atom is 0.298 e. The average Bonchev–Trinajstić information content (AvgIpc) is 3.56. The van der Waals surface area contributed by atoms with Gasteiger partial charge in [0.15, 0.2) is 0 Å². The minimum absolute atomic E-state index is 0.275. The molecule has 9 rings (SSSR count). The van der Waals surface area contributed by atoms with E-state index in [1.165, 1.54) is 11.1 Å². The number of para-hydroxylation sites is 4. The standard InChI is InChI=1S/C43H37N12/c1-5-13-31(14-6-1)45-40-50-41(46-32-15-7-2-8-16-32)52-42(51-40)48-36-22-24-38-30(27-36)25-29-26-35(21-23-37(29)38)44-39-28-55(53-34-19-11-4-12-20-34)54-43(49-39)47-33-17-9-3-10-18-33/h1-24,26-28,30,38H,25H2,(H3,44,47,49,53,54)(H3,45,46,48,50,51,52)/q+1. The fourth-order valence-corrected chi connectivity index (χ4v) is 6.78. The summed E-state index contributed by atoms with van der Waals surface area (Å²) in [5.74, 6) is 2.94. The molecule has 268 valence electrons. The molecule has 5 aromatic carbocycles. The van der Waals surface area contributed by atoms with Crippen LogP contribution in [0.25, 0.3) is 0 Å². The van der Waals surface area contributed by atoms with Gasteiger partial charge in [-0.1, -0.05) is 91.0 Å². The normalized spacial score (nSPS) is 15.2. The van der Waals surface area contributed by atoms with Crippen LogP contribution in [0, 0.1) is 5.92 Å². The zero-order chi connectivity index (χ0) is 36.8. The van der Waals surface area contributed by atoms with Crippen LogP contribution in [0.3, 0.4) is 0 Å². The van der Waals surface area contributed by atoms with E-state index in [1.54, 1.807) is 4.79 Å². The van der Waals surface area contributed by atoms with E-state index in [0.717, 1.165) is 40.6 Å². The molecule has 0 bridgehead atoms. The number of hydrogen-bond donors (Lipinski definition) is 6. The molecule has 12 nitrogen and oxygen atoms in total. The van der Waals surface area contributed by atoms with Crippen molar-refractivity contribution in [3.8, 4) is 0 Å². The van der Waals surface area contributed by atoms with E-state index < -0.39 is 0 Å². The molecule has 0 radical (unpaired) electrons. The molecule has 2 aliphatic carbocycles. The predicted molar refractivity (Wildman–Crippen MR) is 217 cm³/mol. The van der Waals surface area contributed by atoms with Crippen LogP contribution in [0.5, 0.6) is 0 Å². The van der Waals surface area contributed by atoms with E-state index in [9.17, 15) is 0 Å². The van der Waals surface area contributed by atoms with Gasteiger partial charge >= 0.3 is 0 Å². The zero-order valence-corrected chi connectivity index (χ0v) is 29.6. The lowest BCUT2D eigenvalue weighted by Crippen LogP contribution is -2.46. The molecule has 2 atom stereocenters. The van der Waals surface area contributed by atoms with E-state index in [2.05, 4.69) is 78.5 Å². The second-order valence-electron chi connectivity index (χ2n) is 13.2. The van der Waals surface area contributed by atoms with Crippen molar-refractivity contribution in [3.63, 3.8) is 0 Å². The van der Waals surface area contributed by atoms with E-state index in [0.29, 0.717) is 29.6 Å². The maximum atomic E-state index is 4.79. The first-order valence-electron chi connectivity index (χ1n) is 18.1. The number of hydrogen-bond acceptors (Lipinski definition) is 11. The molecule has 6 N–H and O–H groups in total. The molecule has 7 aromatic rings. The molecular formula is C43H37N12+. The van der Waals surface area contributed by atoms with Gasteiger partial charge in [-0.15, -0.1) is 5.43 Å². The molecule has 0 aliphatic heterocycles. The van der Waals surface area contributed by atoms with Crippen molar-refractivity contribution in [3.05, 3.63) is 181 Å². The van der Waals surface area contributed by atoms with Crippen molar-refractivity contribution in [2.45, 2.75) is 12.3 Å². The average molecular weight is 722 g/mol. The lowest BCUT2D eigenvalue weighted by atomic mass is 9.88. The van der Waals surface area contributed by atoms with Crippen LogP contribution in [0.2, 0.25) is 0 Å². The minimum atomic E-state index is 0.275. The van der Waals surface area contributed by atoms with Crippen molar-refractivity contribution in [1.29, 1.82) is 0 Å². The third-order valence-corrected chi connectivity index (χ3v) is 9.24. The number of benzene rings is 5. The number of rotatable bonds is 12. The van der Waals surface area contributed by atoms with Crippen molar-refractivity contribution >= 4 is 58.0 Å². The smallest absolute Gasteiger partial charge is 0.298 e. The maximum absolute atomic E-state index is 4.79. The van der Waals surface area contributed by atoms with E-state index in [-0.39, 0.29) is 11.8 Å². The Balaban J connectivity index is 0.929. The summed E-state index contributed by atoms with van der Waals surface area (Å²) >= 11 is 0. The highest BCUT2D eigenvalue weighted by Crippen LogP contribution is 2.43. The molecule has 0 amide bonds. The summed E-state index contributed by atoms with van der Waals surface area (Å²) in [6.07, 6.45) is 9.39. The van der Waals surface area contributed by atoms with Crippen LogP contribution < -0.4 is 36.8 Å². The number of anilines is 10. The third kappa shape index (κ3) is 8.08. The molecule has 55 heavy (non-hydrogen) atoms. The van der Waals surface area contributed by atoms with Gasteiger partial charge in [-0.3, -0.25) is 0 Å². The molecule has 0 spiro atoms. The first kappa shape index (κ1) is 33.3. The predicted octanol–water partition coefficient (Wildman–Crippen LogP) is 8.62. The molecule has 12 heteroatoms. The van der Waals surface area contributed by atoms with Gasteiger partial charge in [0, 0.05) is 39.2 Å². The Bertz CT molecular complexity index is 2360. The summed E-state index contributed by atoms with van der Waals surface area (Å²) in [7, 11) is 0. The summed E-state index contributed by atoms with van der Waals surface area (Å²) in [5.41, 5.74) is 11.4. The summed E-state index contributed by atoms with van der Waals surface area (Å²) in [6.45, 7) is 0. The van der Waals surface area contributed by atoms with Gasteiger partial charge in [0.1, 0.15) is 0 Å². The van der Waals surface area contributed by atoms with Crippen molar-refractivity contribution in [2.75, 3.05) is 32.0 Å². The molecule has 0 saturated carbocycles. The first-order valence-corrected chi connectivity index (χ1v) is 18.1. The summed E-state index contributed by atoms with van der Waals surface area (Å²) in [5, 5.41) is 21.6. The highest BCUT2D eigenvalue weighted by Gasteiger charge is 2.32. The zero-order valence-electron chi connectivity index (χ0n) is 29.6.